The van der Waals surface area contributed by atoms with Gasteiger partial charge in [-0.1, -0.05) is 49.1 Å². The zero-order chi connectivity index (χ0) is 12.4. The van der Waals surface area contributed by atoms with E-state index in [1.54, 1.807) is 19.9 Å². The van der Waals surface area contributed by atoms with Gasteiger partial charge in [0.05, 0.1) is 7.11 Å². The number of methoxy groups -OCH3 is 1. The zero-order valence-electron chi connectivity index (χ0n) is 10.1. The van der Waals surface area contributed by atoms with Crippen LogP contribution in [-0.4, -0.2) is 13.1 Å². The molecule has 86 valence electrons. The van der Waals surface area contributed by atoms with E-state index in [9.17, 15) is 4.79 Å². The number of carbonyl (C=O) groups excluding carboxylic acids is 1. The van der Waals surface area contributed by atoms with Crippen LogP contribution >= 0.6 is 0 Å². The molecule has 0 unspecified atom stereocenters. The average Bonchev–Trinajstić information content (AvgIpc) is 2.38. The normalized spacial score (nSPS) is 9.81. The topological polar surface area (TPSA) is 26.3 Å². The highest BCUT2D eigenvalue weighted by atomic mass is 16.5. The van der Waals surface area contributed by atoms with Crippen LogP contribution in [-0.2, 0) is 9.53 Å². The van der Waals surface area contributed by atoms with Crippen LogP contribution in [0.25, 0.3) is 6.08 Å². The van der Waals surface area contributed by atoms with Gasteiger partial charge in [-0.2, -0.15) is 0 Å². The molecule has 0 spiro atoms. The van der Waals surface area contributed by atoms with Crippen LogP contribution in [0, 0.1) is 0 Å². The number of rotatable bonds is 2. The highest BCUT2D eigenvalue weighted by Crippen LogP contribution is 1.97. The molecule has 16 heavy (non-hydrogen) atoms. The fourth-order valence-electron chi connectivity index (χ4n) is 0.868. The third kappa shape index (κ3) is 5.81. The first kappa shape index (κ1) is 14.2. The van der Waals surface area contributed by atoms with Crippen LogP contribution in [0.15, 0.2) is 48.6 Å². The Kier molecular flexibility index (Phi) is 7.51. The Balaban J connectivity index is 0.000000281. The first-order chi connectivity index (χ1) is 7.65. The predicted octanol–water partition coefficient (Wildman–Crippen LogP) is 3.46. The van der Waals surface area contributed by atoms with E-state index in [4.69, 9.17) is 0 Å². The molecule has 0 saturated carbocycles. The summed E-state index contributed by atoms with van der Waals surface area (Å²) in [6, 6.07) is 10.0. The molecule has 0 heterocycles. The first-order valence-corrected chi connectivity index (χ1v) is 5.04. The van der Waals surface area contributed by atoms with Gasteiger partial charge in [0.25, 0.3) is 0 Å². The van der Waals surface area contributed by atoms with Gasteiger partial charge in [-0.25, -0.2) is 4.79 Å². The summed E-state index contributed by atoms with van der Waals surface area (Å²) in [5.74, 6) is -0.257. The predicted molar refractivity (Wildman–Crippen MR) is 68.0 cm³/mol. The second kappa shape index (κ2) is 8.48. The van der Waals surface area contributed by atoms with E-state index in [2.05, 4.69) is 11.3 Å². The molecule has 0 amide bonds. The molecule has 2 nitrogen and oxygen atoms in total. The van der Waals surface area contributed by atoms with Crippen molar-refractivity contribution in [3.63, 3.8) is 0 Å². The van der Waals surface area contributed by atoms with Gasteiger partial charge in [-0.3, -0.25) is 0 Å². The number of allylic oxidation sites excluding steroid dienone is 1. The molecule has 0 aromatic heterocycles. The summed E-state index contributed by atoms with van der Waals surface area (Å²) in [4.78, 5) is 10.5. The lowest BCUT2D eigenvalue weighted by molar-refractivity contribution is -0.136. The summed E-state index contributed by atoms with van der Waals surface area (Å²) in [7, 11) is 1.37. The fourth-order valence-corrected chi connectivity index (χ4v) is 0.868. The molecule has 1 aromatic carbocycles. The minimum absolute atomic E-state index is 0.257. The van der Waals surface area contributed by atoms with Crippen LogP contribution in [0.5, 0.6) is 0 Å². The summed E-state index contributed by atoms with van der Waals surface area (Å²) in [5.41, 5.74) is 1.82. The van der Waals surface area contributed by atoms with Crippen molar-refractivity contribution in [1.29, 1.82) is 0 Å². The summed E-state index contributed by atoms with van der Waals surface area (Å²) in [6.45, 7) is 7.14. The lowest BCUT2D eigenvalue weighted by atomic mass is 10.2. The van der Waals surface area contributed by atoms with E-state index >= 15 is 0 Å². The lowest BCUT2D eigenvalue weighted by Crippen LogP contribution is -2.00. The molecule has 2 heteroatoms. The van der Waals surface area contributed by atoms with E-state index in [1.807, 2.05) is 36.4 Å². The van der Waals surface area contributed by atoms with Crippen molar-refractivity contribution in [3.05, 3.63) is 54.1 Å². The van der Waals surface area contributed by atoms with E-state index in [-0.39, 0.29) is 5.97 Å². The van der Waals surface area contributed by atoms with Crippen LogP contribution < -0.4 is 0 Å². The number of hydrogen-bond donors (Lipinski definition) is 0. The second-order valence-electron chi connectivity index (χ2n) is 3.08. The minimum Gasteiger partial charge on any atom is -0.466 e. The maximum Gasteiger partial charge on any atom is 0.333 e. The molecule has 0 aliphatic rings. The minimum atomic E-state index is -0.257. The highest BCUT2D eigenvalue weighted by Gasteiger charge is 1.98. The van der Waals surface area contributed by atoms with Gasteiger partial charge < -0.3 is 4.74 Å². The molecular weight excluding hydrogens is 200 g/mol. The average molecular weight is 218 g/mol. The Bertz CT molecular complexity index is 350. The lowest BCUT2D eigenvalue weighted by Gasteiger charge is -1.93. The molecule has 0 bridgehead atoms. The molecule has 0 atom stereocenters. The number of ether oxygens (including phenoxy) is 1. The maximum atomic E-state index is 10.5. The van der Waals surface area contributed by atoms with Gasteiger partial charge in [0.15, 0.2) is 0 Å². The van der Waals surface area contributed by atoms with Crippen molar-refractivity contribution in [2.24, 2.45) is 0 Å². The standard InChI is InChI=1S/C8H8.C6H10O2/c1-2-8-6-4-3-5-7-8;1-4-5(2)6(7)8-3/h2-7H,1H2;4H,1-3H3. The largest absolute Gasteiger partial charge is 0.466 e. The number of carbonyl (C=O) groups is 1. The van der Waals surface area contributed by atoms with Crippen molar-refractivity contribution in [2.45, 2.75) is 13.8 Å². The van der Waals surface area contributed by atoms with Crippen molar-refractivity contribution in [1.82, 2.24) is 0 Å². The summed E-state index contributed by atoms with van der Waals surface area (Å²) < 4.78 is 4.40. The molecule has 0 saturated heterocycles. The molecule has 0 fully saturated rings. The number of hydrogen-bond acceptors (Lipinski definition) is 2. The fraction of sp³-hybridized carbons (Fsp3) is 0.214. The van der Waals surface area contributed by atoms with Crippen LogP contribution in [0.1, 0.15) is 19.4 Å². The van der Waals surface area contributed by atoms with E-state index in [0.717, 1.165) is 0 Å². The van der Waals surface area contributed by atoms with Crippen LogP contribution in [0.2, 0.25) is 0 Å². The maximum absolute atomic E-state index is 10.5. The molecule has 0 aliphatic carbocycles. The van der Waals surface area contributed by atoms with Gasteiger partial charge in [0.2, 0.25) is 0 Å². The Morgan fingerprint density at radius 2 is 1.88 bits per heavy atom. The van der Waals surface area contributed by atoms with Crippen LogP contribution in [0.3, 0.4) is 0 Å². The summed E-state index contributed by atoms with van der Waals surface area (Å²) >= 11 is 0. The Hall–Kier alpha value is -1.83. The first-order valence-electron chi connectivity index (χ1n) is 5.04. The third-order valence-electron chi connectivity index (χ3n) is 1.98. The van der Waals surface area contributed by atoms with Crippen molar-refractivity contribution < 1.29 is 9.53 Å². The number of esters is 1. The van der Waals surface area contributed by atoms with E-state index in [0.29, 0.717) is 5.57 Å². The SMILES string of the molecule is C=Cc1ccccc1.CC=C(C)C(=O)OC. The van der Waals surface area contributed by atoms with Gasteiger partial charge >= 0.3 is 5.97 Å². The van der Waals surface area contributed by atoms with Gasteiger partial charge in [-0.15, -0.1) is 0 Å². The zero-order valence-corrected chi connectivity index (χ0v) is 10.1. The van der Waals surface area contributed by atoms with Crippen molar-refractivity contribution in [3.8, 4) is 0 Å². The second-order valence-corrected chi connectivity index (χ2v) is 3.08. The van der Waals surface area contributed by atoms with Crippen molar-refractivity contribution >= 4 is 12.0 Å². The Morgan fingerprint density at radius 1 is 1.31 bits per heavy atom. The summed E-state index contributed by atoms with van der Waals surface area (Å²) in [5, 5.41) is 0. The van der Waals surface area contributed by atoms with Crippen molar-refractivity contribution in [2.75, 3.05) is 7.11 Å². The van der Waals surface area contributed by atoms with Gasteiger partial charge in [-0.05, 0) is 19.4 Å². The monoisotopic (exact) mass is 218 g/mol. The Labute approximate surface area is 97.3 Å². The summed E-state index contributed by atoms with van der Waals surface area (Å²) in [6.07, 6.45) is 3.55. The molecule has 1 rings (SSSR count). The molecule has 1 aromatic rings. The Morgan fingerprint density at radius 3 is 2.12 bits per heavy atom. The third-order valence-corrected chi connectivity index (χ3v) is 1.98. The number of benzene rings is 1. The van der Waals surface area contributed by atoms with Gasteiger partial charge in [0.1, 0.15) is 0 Å². The smallest absolute Gasteiger partial charge is 0.333 e. The highest BCUT2D eigenvalue weighted by molar-refractivity contribution is 5.87. The molecule has 0 radical (unpaired) electrons. The van der Waals surface area contributed by atoms with E-state index < -0.39 is 0 Å². The van der Waals surface area contributed by atoms with E-state index in [1.165, 1.54) is 12.7 Å². The van der Waals surface area contributed by atoms with Gasteiger partial charge in [0, 0.05) is 5.57 Å². The van der Waals surface area contributed by atoms with Crippen LogP contribution in [0.4, 0.5) is 0 Å². The molecular formula is C14H18O2. The molecule has 0 aliphatic heterocycles. The quantitative estimate of drug-likeness (QED) is 0.561. The molecule has 0 N–H and O–H groups in total.